The van der Waals surface area contributed by atoms with E-state index in [0.717, 1.165) is 30.6 Å². The minimum Gasteiger partial charge on any atom is -0.490 e. The zero-order valence-corrected chi connectivity index (χ0v) is 17.8. The van der Waals surface area contributed by atoms with Gasteiger partial charge in [0, 0.05) is 22.2 Å². The van der Waals surface area contributed by atoms with E-state index < -0.39 is 0 Å². The Hall–Kier alpha value is -1.17. The van der Waals surface area contributed by atoms with Gasteiger partial charge < -0.3 is 20.1 Å². The van der Waals surface area contributed by atoms with Gasteiger partial charge in [-0.15, -0.1) is 0 Å². The van der Waals surface area contributed by atoms with Gasteiger partial charge in [0.25, 0.3) is 0 Å². The molecule has 2 rings (SSSR count). The maximum atomic E-state index is 6.47. The van der Waals surface area contributed by atoms with Gasteiger partial charge >= 0.3 is 0 Å². The SMILES string of the molecule is CCOc1cc(CNCCCNC)cc(Cl)c1OCc1ccc(Cl)cc1Cl. The van der Waals surface area contributed by atoms with Crippen molar-refractivity contribution in [1.82, 2.24) is 10.6 Å². The van der Waals surface area contributed by atoms with Crippen LogP contribution < -0.4 is 20.1 Å². The van der Waals surface area contributed by atoms with Gasteiger partial charge in [-0.1, -0.05) is 40.9 Å². The van der Waals surface area contributed by atoms with Crippen molar-refractivity contribution in [3.8, 4) is 11.5 Å². The van der Waals surface area contributed by atoms with Gasteiger partial charge in [0.1, 0.15) is 6.61 Å². The largest absolute Gasteiger partial charge is 0.490 e. The van der Waals surface area contributed by atoms with Gasteiger partial charge in [0.15, 0.2) is 11.5 Å². The summed E-state index contributed by atoms with van der Waals surface area (Å²) in [7, 11) is 1.95. The first kappa shape index (κ1) is 22.1. The summed E-state index contributed by atoms with van der Waals surface area (Å²) in [6.45, 7) is 5.35. The van der Waals surface area contributed by atoms with E-state index >= 15 is 0 Å². The topological polar surface area (TPSA) is 42.5 Å². The molecule has 0 fully saturated rings. The number of nitrogens with one attached hydrogen (secondary N) is 2. The Morgan fingerprint density at radius 3 is 2.48 bits per heavy atom. The standard InChI is InChI=1S/C20H25Cl3N2O2/c1-3-26-19-10-14(12-25-8-4-7-24-2)9-18(23)20(19)27-13-15-5-6-16(21)11-17(15)22/h5-6,9-11,24-25H,3-4,7-8,12-13H2,1-2H3. The second-order valence-electron chi connectivity index (χ2n) is 6.00. The molecule has 0 spiro atoms. The van der Waals surface area contributed by atoms with Crippen LogP contribution in [0.5, 0.6) is 11.5 Å². The second-order valence-corrected chi connectivity index (χ2v) is 7.25. The van der Waals surface area contributed by atoms with Crippen LogP contribution in [-0.2, 0) is 13.2 Å². The van der Waals surface area contributed by atoms with Gasteiger partial charge in [-0.05, 0) is 63.3 Å². The first-order valence-corrected chi connectivity index (χ1v) is 10.1. The number of ether oxygens (including phenoxy) is 2. The average molecular weight is 432 g/mol. The summed E-state index contributed by atoms with van der Waals surface area (Å²) in [6.07, 6.45) is 1.06. The Kier molecular flexibility index (Phi) is 9.52. The molecule has 4 nitrogen and oxygen atoms in total. The third kappa shape index (κ3) is 7.05. The van der Waals surface area contributed by atoms with Crippen LogP contribution in [-0.4, -0.2) is 26.7 Å². The maximum Gasteiger partial charge on any atom is 0.180 e. The molecule has 0 amide bonds. The molecule has 0 unspecified atom stereocenters. The third-order valence-electron chi connectivity index (χ3n) is 3.87. The molecule has 0 aromatic heterocycles. The van der Waals surface area contributed by atoms with Crippen LogP contribution in [0.25, 0.3) is 0 Å². The molecule has 0 saturated carbocycles. The molecular formula is C20H25Cl3N2O2. The van der Waals surface area contributed by atoms with Crippen LogP contribution in [0.1, 0.15) is 24.5 Å². The highest BCUT2D eigenvalue weighted by Gasteiger charge is 2.14. The molecule has 0 atom stereocenters. The number of halogens is 3. The van der Waals surface area contributed by atoms with Crippen molar-refractivity contribution in [1.29, 1.82) is 0 Å². The van der Waals surface area contributed by atoms with Crippen molar-refractivity contribution in [2.45, 2.75) is 26.5 Å². The third-order valence-corrected chi connectivity index (χ3v) is 4.73. The van der Waals surface area contributed by atoms with E-state index in [2.05, 4.69) is 10.6 Å². The molecule has 0 aliphatic rings. The molecular weight excluding hydrogens is 407 g/mol. The zero-order chi connectivity index (χ0) is 19.6. The van der Waals surface area contributed by atoms with Gasteiger partial charge in [-0.25, -0.2) is 0 Å². The molecule has 2 N–H and O–H groups in total. The van der Waals surface area contributed by atoms with E-state index in [4.69, 9.17) is 44.3 Å². The van der Waals surface area contributed by atoms with Crippen LogP contribution in [0.3, 0.4) is 0 Å². The summed E-state index contributed by atoms with van der Waals surface area (Å²) in [6, 6.07) is 9.16. The lowest BCUT2D eigenvalue weighted by Gasteiger charge is -2.16. The number of benzene rings is 2. The fourth-order valence-electron chi connectivity index (χ4n) is 2.54. The first-order chi connectivity index (χ1) is 13.0. The molecule has 27 heavy (non-hydrogen) atoms. The van der Waals surface area contributed by atoms with Gasteiger partial charge in [-0.3, -0.25) is 0 Å². The number of hydrogen-bond acceptors (Lipinski definition) is 4. The molecule has 0 saturated heterocycles. The first-order valence-electron chi connectivity index (χ1n) is 8.92. The van der Waals surface area contributed by atoms with Gasteiger partial charge in [0.2, 0.25) is 0 Å². The molecule has 0 bridgehead atoms. The summed E-state index contributed by atoms with van der Waals surface area (Å²) in [4.78, 5) is 0. The quantitative estimate of drug-likeness (QED) is 0.472. The van der Waals surface area contributed by atoms with E-state index in [0.29, 0.717) is 39.7 Å². The minimum absolute atomic E-state index is 0.275. The fraction of sp³-hybridized carbons (Fsp3) is 0.400. The van der Waals surface area contributed by atoms with Gasteiger partial charge in [-0.2, -0.15) is 0 Å². The average Bonchev–Trinajstić information content (AvgIpc) is 2.62. The van der Waals surface area contributed by atoms with Crippen LogP contribution in [0.15, 0.2) is 30.3 Å². The van der Waals surface area contributed by atoms with Crippen molar-refractivity contribution in [2.24, 2.45) is 0 Å². The molecule has 148 valence electrons. The molecule has 0 heterocycles. The molecule has 7 heteroatoms. The zero-order valence-electron chi connectivity index (χ0n) is 15.6. The number of rotatable bonds is 11. The highest BCUT2D eigenvalue weighted by Crippen LogP contribution is 2.37. The second kappa shape index (κ2) is 11.6. The van der Waals surface area contributed by atoms with E-state index in [-0.39, 0.29) is 6.61 Å². The van der Waals surface area contributed by atoms with Crippen molar-refractivity contribution < 1.29 is 9.47 Å². The summed E-state index contributed by atoms with van der Waals surface area (Å²) in [5.74, 6) is 1.14. The molecule has 2 aromatic rings. The van der Waals surface area contributed by atoms with Crippen molar-refractivity contribution >= 4 is 34.8 Å². The summed E-state index contributed by atoms with van der Waals surface area (Å²) in [5, 5.41) is 8.18. The smallest absolute Gasteiger partial charge is 0.180 e. The van der Waals surface area contributed by atoms with Crippen molar-refractivity contribution in [3.05, 3.63) is 56.5 Å². The van der Waals surface area contributed by atoms with Crippen molar-refractivity contribution in [3.63, 3.8) is 0 Å². The van der Waals surface area contributed by atoms with E-state index in [9.17, 15) is 0 Å². The lowest BCUT2D eigenvalue weighted by Crippen LogP contribution is -2.19. The van der Waals surface area contributed by atoms with Crippen LogP contribution in [0.4, 0.5) is 0 Å². The molecule has 0 aliphatic heterocycles. The monoisotopic (exact) mass is 430 g/mol. The predicted octanol–water partition coefficient (Wildman–Crippen LogP) is 5.32. The van der Waals surface area contributed by atoms with E-state index in [1.165, 1.54) is 0 Å². The Morgan fingerprint density at radius 1 is 0.963 bits per heavy atom. The van der Waals surface area contributed by atoms with Crippen LogP contribution in [0.2, 0.25) is 15.1 Å². The lowest BCUT2D eigenvalue weighted by molar-refractivity contribution is 0.269. The maximum absolute atomic E-state index is 6.47. The Bertz CT molecular complexity index is 741. The predicted molar refractivity (Wildman–Crippen MR) is 114 cm³/mol. The molecule has 2 aromatic carbocycles. The highest BCUT2D eigenvalue weighted by molar-refractivity contribution is 6.35. The van der Waals surface area contributed by atoms with E-state index in [1.54, 1.807) is 12.1 Å². The minimum atomic E-state index is 0.275. The van der Waals surface area contributed by atoms with Crippen molar-refractivity contribution in [2.75, 3.05) is 26.7 Å². The van der Waals surface area contributed by atoms with Crippen LogP contribution in [0, 0.1) is 0 Å². The summed E-state index contributed by atoms with van der Waals surface area (Å²) < 4.78 is 11.7. The van der Waals surface area contributed by atoms with Gasteiger partial charge in [0.05, 0.1) is 11.6 Å². The van der Waals surface area contributed by atoms with E-state index in [1.807, 2.05) is 32.2 Å². The normalized spacial score (nSPS) is 10.9. The Morgan fingerprint density at radius 2 is 1.78 bits per heavy atom. The Labute approximate surface area is 176 Å². The number of hydrogen-bond donors (Lipinski definition) is 2. The highest BCUT2D eigenvalue weighted by atomic mass is 35.5. The van der Waals surface area contributed by atoms with Crippen LogP contribution >= 0.6 is 34.8 Å². The lowest BCUT2D eigenvalue weighted by atomic mass is 10.2. The molecule has 0 radical (unpaired) electrons. The summed E-state index contributed by atoms with van der Waals surface area (Å²) >= 11 is 18.6. The summed E-state index contributed by atoms with van der Waals surface area (Å²) in [5.41, 5.74) is 1.87. The fourth-order valence-corrected chi connectivity index (χ4v) is 3.29. The molecule has 0 aliphatic carbocycles. The Balaban J connectivity index is 2.08.